The molecule has 2 aromatic rings. The van der Waals surface area contributed by atoms with Crippen LogP contribution in [0.15, 0.2) is 41.2 Å². The van der Waals surface area contributed by atoms with E-state index in [4.69, 9.17) is 9.47 Å². The van der Waals surface area contributed by atoms with E-state index in [9.17, 15) is 14.0 Å². The standard InChI is InChI=1S/C18H21FN2O4/c1-13-11-14(12-17(22)20-13)18(23)21(7-9-24-2)8-10-25-16-6-4-3-5-15(16)19/h3-6,11-12H,7-10H2,1-2H3,(H,20,22). The minimum atomic E-state index is -0.456. The summed E-state index contributed by atoms with van der Waals surface area (Å²) in [4.78, 5) is 28.3. The Morgan fingerprint density at radius 2 is 1.92 bits per heavy atom. The zero-order valence-corrected chi connectivity index (χ0v) is 14.3. The van der Waals surface area contributed by atoms with E-state index in [2.05, 4.69) is 4.98 Å². The van der Waals surface area contributed by atoms with E-state index >= 15 is 0 Å². The number of halogens is 1. The third-order valence-electron chi connectivity index (χ3n) is 3.53. The molecule has 0 atom stereocenters. The van der Waals surface area contributed by atoms with E-state index in [1.54, 1.807) is 25.1 Å². The molecule has 1 heterocycles. The number of nitrogens with one attached hydrogen (secondary N) is 1. The highest BCUT2D eigenvalue weighted by molar-refractivity contribution is 5.94. The van der Waals surface area contributed by atoms with Crippen LogP contribution in [0.2, 0.25) is 0 Å². The van der Waals surface area contributed by atoms with Gasteiger partial charge in [0.1, 0.15) is 6.61 Å². The van der Waals surface area contributed by atoms with Gasteiger partial charge < -0.3 is 19.4 Å². The maximum atomic E-state index is 13.6. The van der Waals surface area contributed by atoms with Crippen LogP contribution in [0.25, 0.3) is 0 Å². The third kappa shape index (κ3) is 5.42. The molecule has 0 aliphatic rings. The molecule has 0 bridgehead atoms. The third-order valence-corrected chi connectivity index (χ3v) is 3.53. The Hall–Kier alpha value is -2.67. The molecule has 6 nitrogen and oxygen atoms in total. The van der Waals surface area contributed by atoms with Gasteiger partial charge in [-0.2, -0.15) is 0 Å². The van der Waals surface area contributed by atoms with E-state index in [0.717, 1.165) is 0 Å². The van der Waals surface area contributed by atoms with Crippen LogP contribution in [0.4, 0.5) is 4.39 Å². The molecule has 1 aromatic carbocycles. The molecule has 134 valence electrons. The normalized spacial score (nSPS) is 10.5. The number of carbonyl (C=O) groups is 1. The number of hydrogen-bond donors (Lipinski definition) is 1. The molecule has 0 spiro atoms. The summed E-state index contributed by atoms with van der Waals surface area (Å²) in [7, 11) is 1.54. The van der Waals surface area contributed by atoms with Crippen LogP contribution < -0.4 is 10.3 Å². The second kappa shape index (κ2) is 8.98. The minimum Gasteiger partial charge on any atom is -0.489 e. The van der Waals surface area contributed by atoms with Crippen LogP contribution in [0.1, 0.15) is 16.1 Å². The summed E-state index contributed by atoms with van der Waals surface area (Å²) in [5, 5.41) is 0. The molecule has 7 heteroatoms. The lowest BCUT2D eigenvalue weighted by atomic mass is 10.2. The number of benzene rings is 1. The number of nitrogens with zero attached hydrogens (tertiary/aromatic N) is 1. The summed E-state index contributed by atoms with van der Waals surface area (Å²) in [5.41, 5.74) is 0.561. The molecule has 0 saturated heterocycles. The van der Waals surface area contributed by atoms with Crippen molar-refractivity contribution >= 4 is 5.91 Å². The Balaban J connectivity index is 2.05. The highest BCUT2D eigenvalue weighted by atomic mass is 19.1. The van der Waals surface area contributed by atoms with Crippen molar-refractivity contribution in [2.75, 3.05) is 33.4 Å². The predicted molar refractivity (Wildman–Crippen MR) is 91.5 cm³/mol. The lowest BCUT2D eigenvalue weighted by molar-refractivity contribution is 0.0664. The van der Waals surface area contributed by atoms with Crippen molar-refractivity contribution in [3.8, 4) is 5.75 Å². The van der Waals surface area contributed by atoms with Gasteiger partial charge in [0, 0.05) is 31.0 Å². The monoisotopic (exact) mass is 348 g/mol. The van der Waals surface area contributed by atoms with Crippen molar-refractivity contribution in [1.29, 1.82) is 0 Å². The maximum absolute atomic E-state index is 13.6. The van der Waals surface area contributed by atoms with E-state index in [1.807, 2.05) is 0 Å². The average molecular weight is 348 g/mol. The topological polar surface area (TPSA) is 71.6 Å². The van der Waals surface area contributed by atoms with Crippen LogP contribution in [0, 0.1) is 12.7 Å². The largest absolute Gasteiger partial charge is 0.489 e. The van der Waals surface area contributed by atoms with Gasteiger partial charge in [-0.3, -0.25) is 9.59 Å². The van der Waals surface area contributed by atoms with Crippen LogP contribution in [0.3, 0.4) is 0 Å². The zero-order chi connectivity index (χ0) is 18.2. The highest BCUT2D eigenvalue weighted by Crippen LogP contribution is 2.15. The van der Waals surface area contributed by atoms with Gasteiger partial charge in [0.25, 0.3) is 5.91 Å². The van der Waals surface area contributed by atoms with E-state index in [1.165, 1.54) is 30.2 Å². The van der Waals surface area contributed by atoms with Gasteiger partial charge in [0.05, 0.1) is 13.2 Å². The molecule has 1 N–H and O–H groups in total. The van der Waals surface area contributed by atoms with Crippen molar-refractivity contribution in [3.63, 3.8) is 0 Å². The Bertz CT molecular complexity index is 776. The second-order valence-electron chi connectivity index (χ2n) is 5.48. The van der Waals surface area contributed by atoms with Gasteiger partial charge in [-0.1, -0.05) is 12.1 Å². The van der Waals surface area contributed by atoms with Crippen molar-refractivity contribution in [2.24, 2.45) is 0 Å². The lowest BCUT2D eigenvalue weighted by Gasteiger charge is -2.22. The molecule has 0 radical (unpaired) electrons. The first-order chi connectivity index (χ1) is 12.0. The quantitative estimate of drug-likeness (QED) is 0.792. The summed E-state index contributed by atoms with van der Waals surface area (Å²) in [5.74, 6) is -0.625. The number of aryl methyl sites for hydroxylation is 1. The maximum Gasteiger partial charge on any atom is 0.254 e. The van der Waals surface area contributed by atoms with Crippen LogP contribution >= 0.6 is 0 Å². The number of rotatable bonds is 8. The molecule has 0 unspecified atom stereocenters. The predicted octanol–water partition coefficient (Wildman–Crippen LogP) is 1.99. The smallest absolute Gasteiger partial charge is 0.254 e. The summed E-state index contributed by atoms with van der Waals surface area (Å²) >= 11 is 0. The Kier molecular flexibility index (Phi) is 6.71. The van der Waals surface area contributed by atoms with Crippen molar-refractivity contribution in [3.05, 3.63) is 63.8 Å². The zero-order valence-electron chi connectivity index (χ0n) is 14.3. The molecule has 25 heavy (non-hydrogen) atoms. The number of ether oxygens (including phenoxy) is 2. The highest BCUT2D eigenvalue weighted by Gasteiger charge is 2.17. The van der Waals surface area contributed by atoms with Crippen molar-refractivity contribution < 1.29 is 18.7 Å². The molecule has 0 fully saturated rings. The molecule has 0 aliphatic carbocycles. The Morgan fingerprint density at radius 1 is 1.20 bits per heavy atom. The van der Waals surface area contributed by atoms with Gasteiger partial charge in [0.15, 0.2) is 11.6 Å². The first kappa shape index (κ1) is 18.7. The van der Waals surface area contributed by atoms with Gasteiger partial charge >= 0.3 is 0 Å². The number of pyridine rings is 1. The fourth-order valence-electron chi connectivity index (χ4n) is 2.33. The molecule has 1 amide bonds. The first-order valence-corrected chi connectivity index (χ1v) is 7.88. The number of carbonyl (C=O) groups excluding carboxylic acids is 1. The van der Waals surface area contributed by atoms with Crippen molar-refractivity contribution in [2.45, 2.75) is 6.92 Å². The van der Waals surface area contributed by atoms with Crippen LogP contribution in [0.5, 0.6) is 5.75 Å². The number of H-pyrrole nitrogens is 1. The van der Waals surface area contributed by atoms with Crippen LogP contribution in [-0.2, 0) is 4.74 Å². The van der Waals surface area contributed by atoms with E-state index in [-0.39, 0.29) is 30.4 Å². The first-order valence-electron chi connectivity index (χ1n) is 7.88. The molecule has 0 saturated carbocycles. The number of aromatic amines is 1. The van der Waals surface area contributed by atoms with Gasteiger partial charge in [0.2, 0.25) is 5.56 Å². The van der Waals surface area contributed by atoms with Crippen LogP contribution in [-0.4, -0.2) is 49.2 Å². The summed E-state index contributed by atoms with van der Waals surface area (Å²) in [6.45, 7) is 2.75. The molecule has 0 aliphatic heterocycles. The summed E-state index contributed by atoms with van der Waals surface area (Å²) in [6, 6.07) is 8.95. The van der Waals surface area contributed by atoms with E-state index < -0.39 is 5.82 Å². The summed E-state index contributed by atoms with van der Waals surface area (Å²) < 4.78 is 24.0. The minimum absolute atomic E-state index is 0.124. The Morgan fingerprint density at radius 3 is 2.60 bits per heavy atom. The Labute approximate surface area is 145 Å². The number of para-hydroxylation sites is 1. The fourth-order valence-corrected chi connectivity index (χ4v) is 2.33. The number of amides is 1. The molecular weight excluding hydrogens is 327 g/mol. The molecule has 2 rings (SSSR count). The van der Waals surface area contributed by atoms with Gasteiger partial charge in [-0.25, -0.2) is 4.39 Å². The summed E-state index contributed by atoms with van der Waals surface area (Å²) in [6.07, 6.45) is 0. The molecular formula is C18H21FN2O4. The van der Waals surface area contributed by atoms with Crippen molar-refractivity contribution in [1.82, 2.24) is 9.88 Å². The SMILES string of the molecule is COCCN(CCOc1ccccc1F)C(=O)c1cc(C)[nH]c(=O)c1. The molecule has 1 aromatic heterocycles. The van der Waals surface area contributed by atoms with Gasteiger partial charge in [-0.15, -0.1) is 0 Å². The number of aromatic nitrogens is 1. The van der Waals surface area contributed by atoms with Gasteiger partial charge in [-0.05, 0) is 25.1 Å². The average Bonchev–Trinajstić information content (AvgIpc) is 2.58. The number of hydrogen-bond acceptors (Lipinski definition) is 4. The second-order valence-corrected chi connectivity index (χ2v) is 5.48. The van der Waals surface area contributed by atoms with E-state index in [0.29, 0.717) is 24.4 Å². The lowest BCUT2D eigenvalue weighted by Crippen LogP contribution is -2.37. The number of methoxy groups -OCH3 is 1. The fraction of sp³-hybridized carbons (Fsp3) is 0.333.